The molecule has 0 saturated heterocycles. The first-order valence-electron chi connectivity index (χ1n) is 5.48. The Morgan fingerprint density at radius 3 is 2.88 bits per heavy atom. The van der Waals surface area contributed by atoms with Crippen LogP contribution in [0.1, 0.15) is 24.2 Å². The second-order valence-electron chi connectivity index (χ2n) is 3.77. The van der Waals surface area contributed by atoms with Crippen LogP contribution in [0.4, 0.5) is 10.1 Å². The molecule has 0 bridgehead atoms. The van der Waals surface area contributed by atoms with Crippen LogP contribution in [0.15, 0.2) is 18.2 Å². The first-order chi connectivity index (χ1) is 8.04. The van der Waals surface area contributed by atoms with E-state index in [2.05, 4.69) is 5.32 Å². The molecule has 0 radical (unpaired) electrons. The Bertz CT molecular complexity index is 396. The highest BCUT2D eigenvalue weighted by atomic mass is 19.1. The van der Waals surface area contributed by atoms with Crippen molar-refractivity contribution in [3.05, 3.63) is 29.6 Å². The number of nitrogens with one attached hydrogen (secondary N) is 1. The van der Waals surface area contributed by atoms with E-state index in [1.807, 2.05) is 6.92 Å². The zero-order valence-corrected chi connectivity index (χ0v) is 10.00. The quantitative estimate of drug-likeness (QED) is 0.768. The number of rotatable bonds is 5. The third kappa shape index (κ3) is 4.03. The van der Waals surface area contributed by atoms with Crippen LogP contribution in [0.2, 0.25) is 0 Å². The van der Waals surface area contributed by atoms with E-state index in [1.54, 1.807) is 6.92 Å². The third-order valence-corrected chi connectivity index (χ3v) is 2.19. The van der Waals surface area contributed by atoms with Crippen LogP contribution in [0.3, 0.4) is 0 Å². The molecule has 1 amide bonds. The molecule has 1 unspecified atom stereocenters. The van der Waals surface area contributed by atoms with Crippen LogP contribution >= 0.6 is 0 Å². The maximum absolute atomic E-state index is 13.4. The van der Waals surface area contributed by atoms with Crippen LogP contribution in [0, 0.1) is 5.82 Å². The molecule has 17 heavy (non-hydrogen) atoms. The lowest BCUT2D eigenvalue weighted by molar-refractivity contribution is 0.0868. The van der Waals surface area contributed by atoms with E-state index in [0.717, 1.165) is 6.07 Å². The Morgan fingerprint density at radius 1 is 1.59 bits per heavy atom. The van der Waals surface area contributed by atoms with Crippen LogP contribution in [0.5, 0.6) is 0 Å². The Labute approximate surface area is 100.0 Å². The molecule has 1 aromatic carbocycles. The molecule has 0 heterocycles. The van der Waals surface area contributed by atoms with E-state index in [1.165, 1.54) is 12.1 Å². The molecule has 0 saturated carbocycles. The highest BCUT2D eigenvalue weighted by molar-refractivity contribution is 5.94. The number of nitrogens with two attached hydrogens (primary N) is 1. The van der Waals surface area contributed by atoms with Gasteiger partial charge >= 0.3 is 0 Å². The molecule has 0 aromatic heterocycles. The van der Waals surface area contributed by atoms with Crippen LogP contribution in [0.25, 0.3) is 0 Å². The number of amides is 1. The number of halogens is 1. The van der Waals surface area contributed by atoms with E-state index in [-0.39, 0.29) is 11.6 Å². The fourth-order valence-corrected chi connectivity index (χ4v) is 1.35. The number of carbonyl (C=O) groups is 1. The number of ether oxygens (including phenoxy) is 1. The van der Waals surface area contributed by atoms with E-state index >= 15 is 0 Å². The Morgan fingerprint density at radius 2 is 2.29 bits per heavy atom. The van der Waals surface area contributed by atoms with Gasteiger partial charge in [0.1, 0.15) is 5.82 Å². The summed E-state index contributed by atoms with van der Waals surface area (Å²) in [5.74, 6) is -1.08. The van der Waals surface area contributed by atoms with E-state index in [9.17, 15) is 9.18 Å². The van der Waals surface area contributed by atoms with Crippen molar-refractivity contribution in [3.63, 3.8) is 0 Å². The van der Waals surface area contributed by atoms with Crippen LogP contribution < -0.4 is 11.1 Å². The first kappa shape index (κ1) is 13.4. The van der Waals surface area contributed by atoms with Gasteiger partial charge in [-0.25, -0.2) is 4.39 Å². The lowest BCUT2D eigenvalue weighted by Gasteiger charge is -2.14. The lowest BCUT2D eigenvalue weighted by Crippen LogP contribution is -2.36. The van der Waals surface area contributed by atoms with Gasteiger partial charge in [-0.3, -0.25) is 4.79 Å². The summed E-state index contributed by atoms with van der Waals surface area (Å²) in [6.45, 7) is 4.65. The number of benzene rings is 1. The highest BCUT2D eigenvalue weighted by Crippen LogP contribution is 2.11. The van der Waals surface area contributed by atoms with E-state index < -0.39 is 11.7 Å². The fourth-order valence-electron chi connectivity index (χ4n) is 1.35. The molecular formula is C12H17FN2O2. The molecular weight excluding hydrogens is 223 g/mol. The van der Waals surface area contributed by atoms with Gasteiger partial charge in [0.2, 0.25) is 0 Å². The predicted molar refractivity (Wildman–Crippen MR) is 64.2 cm³/mol. The van der Waals surface area contributed by atoms with Gasteiger partial charge in [0.05, 0.1) is 12.2 Å². The summed E-state index contributed by atoms with van der Waals surface area (Å²) in [5.41, 5.74) is 5.68. The van der Waals surface area contributed by atoms with Crippen molar-refractivity contribution < 1.29 is 13.9 Å². The van der Waals surface area contributed by atoms with Crippen molar-refractivity contribution in [2.24, 2.45) is 0 Å². The predicted octanol–water partition coefficient (Wildman–Crippen LogP) is 1.56. The highest BCUT2D eigenvalue weighted by Gasteiger charge is 2.14. The average Bonchev–Trinajstić information content (AvgIpc) is 2.26. The van der Waals surface area contributed by atoms with Gasteiger partial charge in [-0.05, 0) is 32.0 Å². The maximum atomic E-state index is 13.4. The van der Waals surface area contributed by atoms with E-state index in [4.69, 9.17) is 10.5 Å². The molecule has 0 fully saturated rings. The summed E-state index contributed by atoms with van der Waals surface area (Å²) in [6.07, 6.45) is 0. The zero-order chi connectivity index (χ0) is 12.8. The largest absolute Gasteiger partial charge is 0.399 e. The second-order valence-corrected chi connectivity index (χ2v) is 3.77. The van der Waals surface area contributed by atoms with Gasteiger partial charge in [0.15, 0.2) is 0 Å². The summed E-state index contributed by atoms with van der Waals surface area (Å²) in [4.78, 5) is 11.7. The number of anilines is 1. The molecule has 3 N–H and O–H groups in total. The summed E-state index contributed by atoms with van der Waals surface area (Å²) >= 11 is 0. The molecule has 5 heteroatoms. The van der Waals surface area contributed by atoms with Gasteiger partial charge in [-0.15, -0.1) is 0 Å². The van der Waals surface area contributed by atoms with Crippen molar-refractivity contribution in [2.75, 3.05) is 18.9 Å². The minimum Gasteiger partial charge on any atom is -0.399 e. The number of hydrogen-bond acceptors (Lipinski definition) is 3. The summed E-state index contributed by atoms with van der Waals surface area (Å²) in [6, 6.07) is 3.82. The third-order valence-electron chi connectivity index (χ3n) is 2.19. The Balaban J connectivity index is 2.63. The molecule has 1 atom stereocenters. The fraction of sp³-hybridized carbons (Fsp3) is 0.417. The minimum atomic E-state index is -0.619. The molecule has 1 aromatic rings. The second kappa shape index (κ2) is 6.20. The zero-order valence-electron chi connectivity index (χ0n) is 10.00. The van der Waals surface area contributed by atoms with Crippen molar-refractivity contribution >= 4 is 11.6 Å². The number of hydrogen-bond donors (Lipinski definition) is 2. The molecule has 0 aliphatic heterocycles. The van der Waals surface area contributed by atoms with Gasteiger partial charge in [-0.2, -0.15) is 0 Å². The smallest absolute Gasteiger partial charge is 0.254 e. The summed E-state index contributed by atoms with van der Waals surface area (Å²) in [7, 11) is 0. The molecule has 0 spiro atoms. The minimum absolute atomic E-state index is 0.0115. The molecule has 0 aliphatic carbocycles. The average molecular weight is 240 g/mol. The Kier molecular flexibility index (Phi) is 4.90. The molecule has 4 nitrogen and oxygen atoms in total. The van der Waals surface area contributed by atoms with Crippen molar-refractivity contribution in [1.29, 1.82) is 0 Å². The maximum Gasteiger partial charge on any atom is 0.254 e. The lowest BCUT2D eigenvalue weighted by atomic mass is 10.1. The van der Waals surface area contributed by atoms with Crippen molar-refractivity contribution in [3.8, 4) is 0 Å². The van der Waals surface area contributed by atoms with Gasteiger partial charge in [0, 0.05) is 18.3 Å². The molecule has 1 rings (SSSR count). The summed E-state index contributed by atoms with van der Waals surface area (Å²) in [5, 5.41) is 2.65. The van der Waals surface area contributed by atoms with Crippen molar-refractivity contribution in [2.45, 2.75) is 19.9 Å². The number of carbonyl (C=O) groups excluding carboxylic acids is 1. The molecule has 94 valence electrons. The van der Waals surface area contributed by atoms with Crippen LogP contribution in [-0.4, -0.2) is 25.2 Å². The van der Waals surface area contributed by atoms with Crippen LogP contribution in [-0.2, 0) is 4.74 Å². The normalized spacial score (nSPS) is 12.2. The van der Waals surface area contributed by atoms with Gasteiger partial charge in [0.25, 0.3) is 5.91 Å². The first-order valence-corrected chi connectivity index (χ1v) is 5.48. The standard InChI is InChI=1S/C12H17FN2O2/c1-3-17-7-8(2)15-12(16)10-5-4-9(14)6-11(10)13/h4-6,8H,3,7,14H2,1-2H3,(H,15,16). The monoisotopic (exact) mass is 240 g/mol. The number of nitrogen functional groups attached to an aromatic ring is 1. The van der Waals surface area contributed by atoms with Gasteiger partial charge in [-0.1, -0.05) is 0 Å². The van der Waals surface area contributed by atoms with Crippen molar-refractivity contribution in [1.82, 2.24) is 5.32 Å². The Hall–Kier alpha value is -1.62. The topological polar surface area (TPSA) is 64.3 Å². The summed E-state index contributed by atoms with van der Waals surface area (Å²) < 4.78 is 18.6. The van der Waals surface area contributed by atoms with Gasteiger partial charge < -0.3 is 15.8 Å². The SMILES string of the molecule is CCOCC(C)NC(=O)c1ccc(N)cc1F. The molecule has 0 aliphatic rings. The van der Waals surface area contributed by atoms with E-state index in [0.29, 0.717) is 18.9 Å².